The topological polar surface area (TPSA) is 41.9 Å². The second kappa shape index (κ2) is 19.5. The molecule has 3 heterocycles. The highest BCUT2D eigenvalue weighted by molar-refractivity contribution is 5.84. The van der Waals surface area contributed by atoms with Crippen LogP contribution in [0.5, 0.6) is 0 Å². The highest BCUT2D eigenvalue weighted by Gasteiger charge is 2.10. The number of fused-ring (bicyclic) bond motifs is 2. The number of nitrogens with zero attached hydrogens (tertiary/aromatic N) is 4. The van der Waals surface area contributed by atoms with Gasteiger partial charge in [0.2, 0.25) is 0 Å². The van der Waals surface area contributed by atoms with Crippen molar-refractivity contribution in [2.45, 2.75) is 75.2 Å². The van der Waals surface area contributed by atoms with E-state index in [0.29, 0.717) is 10.9 Å². The first-order valence-corrected chi connectivity index (χ1v) is 17.3. The first-order valence-electron chi connectivity index (χ1n) is 17.3. The van der Waals surface area contributed by atoms with E-state index in [1.54, 1.807) is 6.92 Å². The molecule has 4 nitrogen and oxygen atoms in total. The molecule has 0 atom stereocenters. The van der Waals surface area contributed by atoms with Crippen LogP contribution in [0, 0.1) is 67.1 Å². The zero-order valence-corrected chi connectivity index (χ0v) is 31.3. The Morgan fingerprint density at radius 2 is 1.02 bits per heavy atom. The van der Waals surface area contributed by atoms with Crippen molar-refractivity contribution in [3.8, 4) is 0 Å². The van der Waals surface area contributed by atoms with Crippen molar-refractivity contribution in [2.24, 2.45) is 5.92 Å². The Kier molecular flexibility index (Phi) is 15.5. The predicted octanol–water partition coefficient (Wildman–Crippen LogP) is 11.2. The summed E-state index contributed by atoms with van der Waals surface area (Å²) in [5, 5.41) is 4.36. The zero-order valence-electron chi connectivity index (χ0n) is 31.3. The smallest absolute Gasteiger partial charge is 0.133 e. The summed E-state index contributed by atoms with van der Waals surface area (Å²) in [6, 6.07) is 26.7. The van der Waals surface area contributed by atoms with Gasteiger partial charge in [0.1, 0.15) is 11.6 Å². The van der Waals surface area contributed by atoms with Gasteiger partial charge in [0.05, 0.1) is 0 Å². The number of benzene rings is 4. The minimum absolute atomic E-state index is 0.0995. The van der Waals surface area contributed by atoms with E-state index < -0.39 is 0 Å². The molecule has 2 aromatic heterocycles. The van der Waals surface area contributed by atoms with E-state index >= 15 is 0 Å². The third-order valence-electron chi connectivity index (χ3n) is 8.43. The maximum absolute atomic E-state index is 13.5. The summed E-state index contributed by atoms with van der Waals surface area (Å²) in [7, 11) is 2.20. The number of likely N-dealkylation sites (tertiary alicyclic amines) is 1. The summed E-state index contributed by atoms with van der Waals surface area (Å²) in [6.07, 6.45) is 8.28. The van der Waals surface area contributed by atoms with Gasteiger partial charge < -0.3 is 4.90 Å². The van der Waals surface area contributed by atoms with E-state index in [0.717, 1.165) is 33.9 Å². The highest BCUT2D eigenvalue weighted by Crippen LogP contribution is 2.21. The summed E-state index contributed by atoms with van der Waals surface area (Å²) in [6.45, 7) is 20.9. The van der Waals surface area contributed by atoms with Crippen molar-refractivity contribution < 1.29 is 4.39 Å². The number of aromatic nitrogens is 3. The van der Waals surface area contributed by atoms with Crippen molar-refractivity contribution in [3.05, 3.63) is 148 Å². The van der Waals surface area contributed by atoms with Crippen LogP contribution >= 0.6 is 0 Å². The number of halogens is 1. The van der Waals surface area contributed by atoms with Crippen LogP contribution < -0.4 is 0 Å². The molecule has 1 saturated heterocycles. The molecule has 0 spiro atoms. The fraction of sp³-hybridized carbons (Fsp3) is 0.341. The Bertz CT molecular complexity index is 1740. The highest BCUT2D eigenvalue weighted by atomic mass is 19.1. The van der Waals surface area contributed by atoms with Crippen LogP contribution in [0.25, 0.3) is 21.5 Å². The normalized spacial score (nSPS) is 12.7. The first-order chi connectivity index (χ1) is 23.3. The largest absolute Gasteiger partial charge is 0.306 e. The van der Waals surface area contributed by atoms with Gasteiger partial charge in [0.15, 0.2) is 0 Å². The number of aryl methyl sites for hydroxylation is 8. The van der Waals surface area contributed by atoms with Gasteiger partial charge in [-0.25, -0.2) is 14.4 Å². The van der Waals surface area contributed by atoms with Gasteiger partial charge in [-0.3, -0.25) is 4.98 Å². The number of piperidine rings is 1. The first kappa shape index (κ1) is 39.0. The van der Waals surface area contributed by atoms with Crippen LogP contribution in [0.4, 0.5) is 4.39 Å². The van der Waals surface area contributed by atoms with Crippen LogP contribution in [0.2, 0.25) is 0 Å². The molecule has 0 aliphatic carbocycles. The Morgan fingerprint density at radius 1 is 0.551 bits per heavy atom. The minimum atomic E-state index is -0.0995. The van der Waals surface area contributed by atoms with Gasteiger partial charge in [0.25, 0.3) is 0 Å². The standard InChI is InChI=1S/C12H11F.C12H12.C7H15N.C7H9N.C6H8N2/c1-8-3-6-11-10(7-8)5-4-9(2)12(11)13;1-9-3-5-12-8-10(2)4-6-11(12)7-9;1-7-3-5-8(2)6-4-7;1-6-3-4-7(2)8-5-6;1-5-3-7-6(2)8-4-5/h3-7H,1-2H3;3-8H,1-2H3;7H,3-6H2,1-2H3;3-5H,1-2H3;3-4H,1-2H3. The summed E-state index contributed by atoms with van der Waals surface area (Å²) in [4.78, 5) is 14.4. The SMILES string of the molecule is CC1CCN(C)CC1.Cc1ccc(C)nc1.Cc1ccc2c(F)c(C)ccc2c1.Cc1ccc2cc(C)ccc2c1.Cc1cnc(C)nc1. The lowest BCUT2D eigenvalue weighted by Crippen LogP contribution is -2.28. The zero-order chi connectivity index (χ0) is 35.9. The molecule has 1 fully saturated rings. The van der Waals surface area contributed by atoms with E-state index in [4.69, 9.17) is 0 Å². The molecule has 258 valence electrons. The molecule has 1 aliphatic rings. The van der Waals surface area contributed by atoms with Crippen LogP contribution in [0.1, 0.15) is 64.7 Å². The van der Waals surface area contributed by atoms with Crippen molar-refractivity contribution in [3.63, 3.8) is 0 Å². The molecule has 1 aliphatic heterocycles. The molecule has 0 saturated carbocycles. The molecule has 5 heteroatoms. The van der Waals surface area contributed by atoms with E-state index in [1.807, 2.05) is 89.6 Å². The third kappa shape index (κ3) is 13.9. The van der Waals surface area contributed by atoms with Gasteiger partial charge in [-0.15, -0.1) is 0 Å². The molecule has 49 heavy (non-hydrogen) atoms. The lowest BCUT2D eigenvalue weighted by Gasteiger charge is -2.26. The molecule has 6 aromatic rings. The Hall–Kier alpha value is -4.48. The molecule has 0 radical (unpaired) electrons. The summed E-state index contributed by atoms with van der Waals surface area (Å²) < 4.78 is 13.5. The Morgan fingerprint density at radius 3 is 1.49 bits per heavy atom. The molecule has 7 rings (SSSR count). The maximum Gasteiger partial charge on any atom is 0.133 e. The van der Waals surface area contributed by atoms with Crippen molar-refractivity contribution >= 4 is 21.5 Å². The van der Waals surface area contributed by atoms with E-state index in [2.05, 4.69) is 90.1 Å². The number of hydrogen-bond donors (Lipinski definition) is 0. The van der Waals surface area contributed by atoms with Gasteiger partial charge >= 0.3 is 0 Å². The van der Waals surface area contributed by atoms with Gasteiger partial charge in [-0.2, -0.15) is 0 Å². The van der Waals surface area contributed by atoms with Crippen molar-refractivity contribution in [1.29, 1.82) is 0 Å². The van der Waals surface area contributed by atoms with Gasteiger partial charge in [-0.1, -0.05) is 96.4 Å². The molecule has 0 N–H and O–H groups in total. The van der Waals surface area contributed by atoms with Crippen molar-refractivity contribution in [1.82, 2.24) is 19.9 Å². The Labute approximate surface area is 294 Å². The Balaban J connectivity index is 0.000000169. The van der Waals surface area contributed by atoms with Crippen LogP contribution in [-0.2, 0) is 0 Å². The van der Waals surface area contributed by atoms with E-state index in [1.165, 1.54) is 53.4 Å². The summed E-state index contributed by atoms with van der Waals surface area (Å²) in [5.74, 6) is 1.71. The van der Waals surface area contributed by atoms with Crippen LogP contribution in [-0.4, -0.2) is 40.0 Å². The second-order valence-corrected chi connectivity index (χ2v) is 13.5. The lowest BCUT2D eigenvalue weighted by molar-refractivity contribution is 0.230. The molecule has 4 aromatic carbocycles. The van der Waals surface area contributed by atoms with Crippen LogP contribution in [0.3, 0.4) is 0 Å². The van der Waals surface area contributed by atoms with Gasteiger partial charge in [-0.05, 0) is 133 Å². The molecular formula is C44H55FN4. The minimum Gasteiger partial charge on any atom is -0.306 e. The van der Waals surface area contributed by atoms with E-state index in [9.17, 15) is 4.39 Å². The fourth-order valence-corrected chi connectivity index (χ4v) is 5.14. The average Bonchev–Trinajstić information content (AvgIpc) is 3.08. The summed E-state index contributed by atoms with van der Waals surface area (Å²) >= 11 is 0. The third-order valence-corrected chi connectivity index (χ3v) is 8.43. The van der Waals surface area contributed by atoms with Crippen LogP contribution in [0.15, 0.2) is 97.5 Å². The molecule has 0 bridgehead atoms. The molecule has 0 unspecified atom stereocenters. The lowest BCUT2D eigenvalue weighted by atomic mass is 10.00. The quantitative estimate of drug-likeness (QED) is 0.163. The number of hydrogen-bond acceptors (Lipinski definition) is 4. The number of rotatable bonds is 0. The molecular weight excluding hydrogens is 604 g/mol. The van der Waals surface area contributed by atoms with E-state index in [-0.39, 0.29) is 5.82 Å². The fourth-order valence-electron chi connectivity index (χ4n) is 5.14. The number of pyridine rings is 1. The second-order valence-electron chi connectivity index (χ2n) is 13.5. The summed E-state index contributed by atoms with van der Waals surface area (Å²) in [5.41, 5.74) is 7.92. The molecule has 0 amide bonds. The monoisotopic (exact) mass is 658 g/mol. The average molecular weight is 659 g/mol. The predicted molar refractivity (Wildman–Crippen MR) is 208 cm³/mol. The maximum atomic E-state index is 13.5. The van der Waals surface area contributed by atoms with Gasteiger partial charge in [0, 0.05) is 29.7 Å². The van der Waals surface area contributed by atoms with Crippen molar-refractivity contribution in [2.75, 3.05) is 20.1 Å².